The Hall–Kier alpha value is -1.71. The van der Waals surface area contributed by atoms with Gasteiger partial charge in [-0.05, 0) is 37.0 Å². The molecule has 0 spiro atoms. The molecule has 19 heavy (non-hydrogen) atoms. The summed E-state index contributed by atoms with van der Waals surface area (Å²) in [5, 5.41) is 0. The molecule has 2 rings (SSSR count). The molecule has 1 fully saturated rings. The first-order valence-corrected chi connectivity index (χ1v) is 6.88. The van der Waals surface area contributed by atoms with Crippen LogP contribution in [0, 0.1) is 5.92 Å². The highest BCUT2D eigenvalue weighted by Gasteiger charge is 2.20. The zero-order chi connectivity index (χ0) is 13.8. The Kier molecular flexibility index (Phi) is 4.30. The molecule has 1 atom stereocenters. The summed E-state index contributed by atoms with van der Waals surface area (Å²) in [6.45, 7) is 4.33. The predicted octanol–water partition coefficient (Wildman–Crippen LogP) is 2.68. The number of anilines is 2. The average Bonchev–Trinajstić information content (AvgIpc) is 2.46. The topological polar surface area (TPSA) is 55.6 Å². The Morgan fingerprint density at radius 3 is 2.95 bits per heavy atom. The van der Waals surface area contributed by atoms with Crippen molar-refractivity contribution >= 4 is 17.3 Å². The molecule has 0 amide bonds. The van der Waals surface area contributed by atoms with Crippen LogP contribution in [0.15, 0.2) is 18.2 Å². The highest BCUT2D eigenvalue weighted by molar-refractivity contribution is 5.91. The number of piperidine rings is 1. The van der Waals surface area contributed by atoms with Crippen molar-refractivity contribution in [3.05, 3.63) is 23.8 Å². The van der Waals surface area contributed by atoms with E-state index in [4.69, 9.17) is 10.5 Å². The second kappa shape index (κ2) is 5.95. The summed E-state index contributed by atoms with van der Waals surface area (Å²) >= 11 is 0. The van der Waals surface area contributed by atoms with Crippen molar-refractivity contribution < 1.29 is 9.53 Å². The molecule has 1 aromatic carbocycles. The summed E-state index contributed by atoms with van der Waals surface area (Å²) in [7, 11) is 1.38. The van der Waals surface area contributed by atoms with Crippen molar-refractivity contribution in [3.63, 3.8) is 0 Å². The van der Waals surface area contributed by atoms with Crippen LogP contribution in [0.3, 0.4) is 0 Å². The quantitative estimate of drug-likeness (QED) is 0.672. The number of nitrogens with zero attached hydrogens (tertiary/aromatic N) is 1. The second-order valence-electron chi connectivity index (χ2n) is 5.13. The molecular formula is C15H22N2O2. The lowest BCUT2D eigenvalue weighted by atomic mass is 9.95. The third kappa shape index (κ3) is 3.00. The van der Waals surface area contributed by atoms with Crippen LogP contribution < -0.4 is 10.6 Å². The molecule has 0 radical (unpaired) electrons. The van der Waals surface area contributed by atoms with E-state index in [0.717, 1.165) is 24.7 Å². The van der Waals surface area contributed by atoms with E-state index < -0.39 is 0 Å². The molecule has 1 aliphatic rings. The van der Waals surface area contributed by atoms with Crippen LogP contribution in [0.2, 0.25) is 0 Å². The highest BCUT2D eigenvalue weighted by Crippen LogP contribution is 2.30. The maximum Gasteiger partial charge on any atom is 0.337 e. The number of benzene rings is 1. The van der Waals surface area contributed by atoms with E-state index in [9.17, 15) is 4.79 Å². The fourth-order valence-corrected chi connectivity index (χ4v) is 2.70. The van der Waals surface area contributed by atoms with Crippen molar-refractivity contribution in [2.45, 2.75) is 26.2 Å². The van der Waals surface area contributed by atoms with E-state index in [0.29, 0.717) is 11.3 Å². The smallest absolute Gasteiger partial charge is 0.337 e. The summed E-state index contributed by atoms with van der Waals surface area (Å²) < 4.78 is 4.70. The maximum atomic E-state index is 11.5. The number of esters is 1. The third-order valence-corrected chi connectivity index (χ3v) is 3.89. The Morgan fingerprint density at radius 2 is 2.32 bits per heavy atom. The number of carbonyl (C=O) groups excluding carboxylic acids is 1. The first-order chi connectivity index (χ1) is 9.15. The van der Waals surface area contributed by atoms with Gasteiger partial charge in [-0.3, -0.25) is 0 Å². The molecule has 1 heterocycles. The molecule has 1 saturated heterocycles. The molecule has 1 aromatic rings. The van der Waals surface area contributed by atoms with Gasteiger partial charge in [-0.15, -0.1) is 0 Å². The second-order valence-corrected chi connectivity index (χ2v) is 5.13. The summed E-state index contributed by atoms with van der Waals surface area (Å²) in [6, 6.07) is 5.42. The fraction of sp³-hybridized carbons (Fsp3) is 0.533. The van der Waals surface area contributed by atoms with Gasteiger partial charge in [0.1, 0.15) is 0 Å². The first kappa shape index (κ1) is 13.7. The van der Waals surface area contributed by atoms with Crippen molar-refractivity contribution in [1.29, 1.82) is 0 Å². The van der Waals surface area contributed by atoms with Crippen LogP contribution in [0.4, 0.5) is 11.4 Å². The van der Waals surface area contributed by atoms with E-state index in [2.05, 4.69) is 11.8 Å². The zero-order valence-electron chi connectivity index (χ0n) is 11.7. The monoisotopic (exact) mass is 262 g/mol. The summed E-state index contributed by atoms with van der Waals surface area (Å²) in [6.07, 6.45) is 3.71. The number of nitrogens with two attached hydrogens (primary N) is 1. The Bertz CT molecular complexity index is 459. The standard InChI is InChI=1S/C15H22N2O2/c1-3-11-5-4-8-17(10-11)14-7-6-12(9-13(14)16)15(18)19-2/h6-7,9,11H,3-5,8,10,16H2,1-2H3. The normalized spacial score (nSPS) is 19.3. The number of carbonyl (C=O) groups is 1. The van der Waals surface area contributed by atoms with Crippen molar-refractivity contribution in [2.75, 3.05) is 30.8 Å². The number of nitrogen functional groups attached to an aromatic ring is 1. The lowest BCUT2D eigenvalue weighted by Gasteiger charge is -2.34. The van der Waals surface area contributed by atoms with E-state index in [1.165, 1.54) is 26.4 Å². The lowest BCUT2D eigenvalue weighted by molar-refractivity contribution is 0.0601. The van der Waals surface area contributed by atoms with Crippen LogP contribution in [0.1, 0.15) is 36.5 Å². The Balaban J connectivity index is 2.18. The van der Waals surface area contributed by atoms with E-state index in [1.807, 2.05) is 6.07 Å². The predicted molar refractivity (Wildman–Crippen MR) is 77.4 cm³/mol. The molecule has 1 unspecified atom stereocenters. The fourth-order valence-electron chi connectivity index (χ4n) is 2.70. The molecule has 2 N–H and O–H groups in total. The van der Waals surface area contributed by atoms with E-state index in [1.54, 1.807) is 12.1 Å². The van der Waals surface area contributed by atoms with Gasteiger partial charge in [-0.2, -0.15) is 0 Å². The minimum atomic E-state index is -0.344. The maximum absolute atomic E-state index is 11.5. The Labute approximate surface area is 114 Å². The number of rotatable bonds is 3. The zero-order valence-corrected chi connectivity index (χ0v) is 11.7. The average molecular weight is 262 g/mol. The molecule has 4 nitrogen and oxygen atoms in total. The van der Waals surface area contributed by atoms with Crippen LogP contribution >= 0.6 is 0 Å². The van der Waals surface area contributed by atoms with Crippen LogP contribution in [-0.2, 0) is 4.74 Å². The first-order valence-electron chi connectivity index (χ1n) is 6.88. The highest BCUT2D eigenvalue weighted by atomic mass is 16.5. The summed E-state index contributed by atoms with van der Waals surface area (Å²) in [5.41, 5.74) is 8.27. The van der Waals surface area contributed by atoms with Gasteiger partial charge in [0.15, 0.2) is 0 Å². The third-order valence-electron chi connectivity index (χ3n) is 3.89. The molecule has 0 saturated carbocycles. The number of methoxy groups -OCH3 is 1. The van der Waals surface area contributed by atoms with Gasteiger partial charge >= 0.3 is 5.97 Å². The summed E-state index contributed by atoms with van der Waals surface area (Å²) in [5.74, 6) is 0.400. The van der Waals surface area contributed by atoms with Crippen molar-refractivity contribution in [2.24, 2.45) is 5.92 Å². The van der Waals surface area contributed by atoms with Gasteiger partial charge in [0.2, 0.25) is 0 Å². The molecule has 104 valence electrons. The van der Waals surface area contributed by atoms with Gasteiger partial charge in [-0.25, -0.2) is 4.79 Å². The van der Waals surface area contributed by atoms with Crippen molar-refractivity contribution in [1.82, 2.24) is 0 Å². The van der Waals surface area contributed by atoms with Gasteiger partial charge in [0.05, 0.1) is 24.0 Å². The largest absolute Gasteiger partial charge is 0.465 e. The lowest BCUT2D eigenvalue weighted by Crippen LogP contribution is -2.35. The molecule has 0 bridgehead atoms. The van der Waals surface area contributed by atoms with Crippen LogP contribution in [0.25, 0.3) is 0 Å². The number of hydrogen-bond acceptors (Lipinski definition) is 4. The van der Waals surface area contributed by atoms with Gasteiger partial charge in [0, 0.05) is 13.1 Å². The van der Waals surface area contributed by atoms with E-state index in [-0.39, 0.29) is 5.97 Å². The number of ether oxygens (including phenoxy) is 1. The molecule has 0 aliphatic carbocycles. The molecule has 4 heteroatoms. The minimum absolute atomic E-state index is 0.344. The van der Waals surface area contributed by atoms with Gasteiger partial charge < -0.3 is 15.4 Å². The number of hydrogen-bond donors (Lipinski definition) is 1. The molecular weight excluding hydrogens is 240 g/mol. The van der Waals surface area contributed by atoms with Crippen LogP contribution in [0.5, 0.6) is 0 Å². The van der Waals surface area contributed by atoms with Gasteiger partial charge in [0.25, 0.3) is 0 Å². The SMILES string of the molecule is CCC1CCCN(c2ccc(C(=O)OC)cc2N)C1. The Morgan fingerprint density at radius 1 is 1.53 bits per heavy atom. The van der Waals surface area contributed by atoms with E-state index >= 15 is 0 Å². The molecule has 1 aliphatic heterocycles. The molecule has 0 aromatic heterocycles. The van der Waals surface area contributed by atoms with Gasteiger partial charge in [-0.1, -0.05) is 13.3 Å². The minimum Gasteiger partial charge on any atom is -0.465 e. The van der Waals surface area contributed by atoms with Crippen molar-refractivity contribution in [3.8, 4) is 0 Å². The summed E-state index contributed by atoms with van der Waals surface area (Å²) in [4.78, 5) is 13.8. The van der Waals surface area contributed by atoms with Crippen LogP contribution in [-0.4, -0.2) is 26.2 Å².